The summed E-state index contributed by atoms with van der Waals surface area (Å²) in [4.78, 5) is 46.6. The summed E-state index contributed by atoms with van der Waals surface area (Å²) in [6, 6.07) is 8.08. The molecule has 2 aromatic heterocycles. The summed E-state index contributed by atoms with van der Waals surface area (Å²) in [6.45, 7) is 15.7. The molecule has 4 heterocycles. The first-order valence-electron chi connectivity index (χ1n) is 16.0. The summed E-state index contributed by atoms with van der Waals surface area (Å²) in [5, 5.41) is 6.27. The number of ether oxygens (including phenoxy) is 2. The number of benzene rings is 1. The van der Waals surface area contributed by atoms with Gasteiger partial charge in [0.25, 0.3) is 0 Å². The van der Waals surface area contributed by atoms with Gasteiger partial charge in [-0.3, -0.25) is 9.78 Å². The molecule has 1 saturated heterocycles. The Kier molecular flexibility index (Phi) is 9.71. The fourth-order valence-corrected chi connectivity index (χ4v) is 6.17. The Morgan fingerprint density at radius 2 is 1.91 bits per heavy atom. The number of piperidine rings is 1. The Morgan fingerprint density at radius 3 is 2.60 bits per heavy atom. The quantitative estimate of drug-likeness (QED) is 0.213. The smallest absolute Gasteiger partial charge is 0.343 e. The average Bonchev–Trinajstić information content (AvgIpc) is 3.30. The highest BCUT2D eigenvalue weighted by atomic mass is 16.5. The minimum absolute atomic E-state index is 0.241. The molecule has 2 N–H and O–H groups in total. The number of nitrogens with one attached hydrogen (secondary N) is 2. The lowest BCUT2D eigenvalue weighted by Gasteiger charge is -2.38. The lowest BCUT2D eigenvalue weighted by molar-refractivity contribution is -0.111. The molecule has 12 heteroatoms. The fraction of sp³-hybridized carbons (Fsp3) is 0.457. The van der Waals surface area contributed by atoms with Crippen LogP contribution >= 0.6 is 0 Å². The van der Waals surface area contributed by atoms with E-state index < -0.39 is 5.97 Å². The first-order valence-corrected chi connectivity index (χ1v) is 16.0. The van der Waals surface area contributed by atoms with Crippen LogP contribution in [0.25, 0.3) is 0 Å². The zero-order valence-electron chi connectivity index (χ0n) is 28.7. The zero-order chi connectivity index (χ0) is 34.0. The van der Waals surface area contributed by atoms with Gasteiger partial charge < -0.3 is 34.8 Å². The second-order valence-corrected chi connectivity index (χ2v) is 13.3. The molecule has 12 nitrogen and oxygen atoms in total. The summed E-state index contributed by atoms with van der Waals surface area (Å²) in [7, 11) is 5.77. The van der Waals surface area contributed by atoms with Crippen molar-refractivity contribution < 1.29 is 19.1 Å². The van der Waals surface area contributed by atoms with Crippen molar-refractivity contribution in [2.75, 3.05) is 61.3 Å². The van der Waals surface area contributed by atoms with Crippen molar-refractivity contribution in [1.29, 1.82) is 0 Å². The van der Waals surface area contributed by atoms with E-state index in [0.29, 0.717) is 35.5 Å². The predicted octanol–water partition coefficient (Wildman–Crippen LogP) is 5.58. The van der Waals surface area contributed by atoms with Crippen LogP contribution < -0.4 is 25.2 Å². The molecule has 2 aliphatic heterocycles. The highest BCUT2D eigenvalue weighted by molar-refractivity contribution is 6.02. The molecule has 0 bridgehead atoms. The maximum absolute atomic E-state index is 13.3. The number of pyridine rings is 1. The summed E-state index contributed by atoms with van der Waals surface area (Å²) >= 11 is 0. The maximum Gasteiger partial charge on any atom is 0.343 e. The number of nitrogens with zero attached hydrogens (tertiary/aromatic N) is 6. The molecule has 0 unspecified atom stereocenters. The molecule has 2 aliphatic rings. The van der Waals surface area contributed by atoms with Crippen LogP contribution in [0.3, 0.4) is 0 Å². The third-order valence-electron chi connectivity index (χ3n) is 8.56. The molecule has 1 amide bonds. The lowest BCUT2D eigenvalue weighted by Crippen LogP contribution is -2.45. The van der Waals surface area contributed by atoms with Crippen molar-refractivity contribution >= 4 is 46.4 Å². The van der Waals surface area contributed by atoms with Crippen molar-refractivity contribution in [3.05, 3.63) is 60.1 Å². The van der Waals surface area contributed by atoms with Crippen LogP contribution in [0, 0.1) is 6.92 Å². The summed E-state index contributed by atoms with van der Waals surface area (Å²) in [6.07, 6.45) is 4.53. The summed E-state index contributed by atoms with van der Waals surface area (Å²) < 4.78 is 11.4. The van der Waals surface area contributed by atoms with Crippen LogP contribution in [0.1, 0.15) is 62.3 Å². The Morgan fingerprint density at radius 1 is 1.15 bits per heavy atom. The Labute approximate surface area is 277 Å². The van der Waals surface area contributed by atoms with E-state index in [0.717, 1.165) is 48.7 Å². The molecule has 47 heavy (non-hydrogen) atoms. The van der Waals surface area contributed by atoms with Gasteiger partial charge in [-0.15, -0.1) is 0 Å². The van der Waals surface area contributed by atoms with Gasteiger partial charge in [0.1, 0.15) is 11.3 Å². The number of amides is 1. The van der Waals surface area contributed by atoms with Crippen LogP contribution in [0.15, 0.2) is 43.1 Å². The average molecular weight is 643 g/mol. The van der Waals surface area contributed by atoms with Crippen molar-refractivity contribution in [2.24, 2.45) is 0 Å². The van der Waals surface area contributed by atoms with Crippen molar-refractivity contribution in [3.63, 3.8) is 0 Å². The van der Waals surface area contributed by atoms with Gasteiger partial charge in [0.2, 0.25) is 11.9 Å². The van der Waals surface area contributed by atoms with E-state index in [1.807, 2.05) is 36.1 Å². The Hall–Kier alpha value is -4.71. The number of hydrogen-bond acceptors (Lipinski definition) is 11. The number of likely N-dealkylation sites (N-methyl/N-ethyl adjacent to an activating group) is 1. The van der Waals surface area contributed by atoms with Gasteiger partial charge in [-0.25, -0.2) is 9.78 Å². The van der Waals surface area contributed by atoms with Crippen LogP contribution in [0.2, 0.25) is 0 Å². The van der Waals surface area contributed by atoms with Crippen molar-refractivity contribution in [2.45, 2.75) is 65.0 Å². The number of methoxy groups -OCH3 is 1. The topological polar surface area (TPSA) is 125 Å². The number of aryl methyl sites for hydroxylation is 1. The van der Waals surface area contributed by atoms with E-state index in [1.54, 1.807) is 21.0 Å². The molecular weight excluding hydrogens is 596 g/mol. The summed E-state index contributed by atoms with van der Waals surface area (Å²) in [5.74, 6) is 0.356. The van der Waals surface area contributed by atoms with Crippen LogP contribution in [-0.2, 0) is 14.9 Å². The minimum atomic E-state index is -0.512. The molecule has 1 aromatic carbocycles. The van der Waals surface area contributed by atoms with E-state index >= 15 is 0 Å². The second-order valence-electron chi connectivity index (χ2n) is 13.3. The van der Waals surface area contributed by atoms with Gasteiger partial charge in [0.05, 0.1) is 41.7 Å². The van der Waals surface area contributed by atoms with E-state index in [2.05, 4.69) is 59.9 Å². The van der Waals surface area contributed by atoms with Gasteiger partial charge in [-0.2, -0.15) is 4.98 Å². The number of carbonyl (C=O) groups is 2. The zero-order valence-corrected chi connectivity index (χ0v) is 28.7. The first-order chi connectivity index (χ1) is 22.3. The standard InChI is InChI=1S/C35H46N8O4/c1-10-30(44)38-25-16-26(29(46-9)17-28(25)42-15-11-12-23(19-42)41(7)8)39-34-36-18-24(33(45)47-21(2)3)32(40-34)43-20-35(5,6)31-27(43)14-13-22(4)37-31/h10,13-14,16-18,21,23H,1,11-12,15,19-20H2,2-9H3,(H,38,44)(H,36,39,40)/t23-/m1/s1. The van der Waals surface area contributed by atoms with Crippen LogP contribution in [0.5, 0.6) is 5.75 Å². The van der Waals surface area contributed by atoms with Crippen molar-refractivity contribution in [1.82, 2.24) is 19.9 Å². The van der Waals surface area contributed by atoms with Gasteiger partial charge in [0, 0.05) is 49.0 Å². The third kappa shape index (κ3) is 7.17. The largest absolute Gasteiger partial charge is 0.494 e. The van der Waals surface area contributed by atoms with Gasteiger partial charge in [-0.1, -0.05) is 20.4 Å². The number of carbonyl (C=O) groups excluding carboxylic acids is 2. The number of aromatic nitrogens is 3. The minimum Gasteiger partial charge on any atom is -0.494 e. The number of esters is 1. The number of fused-ring (bicyclic) bond motifs is 1. The maximum atomic E-state index is 13.3. The van der Waals surface area contributed by atoms with Gasteiger partial charge in [-0.05, 0) is 72.0 Å². The molecule has 5 rings (SSSR count). The Bertz CT molecular complexity index is 1670. The third-order valence-corrected chi connectivity index (χ3v) is 8.56. The van der Waals surface area contributed by atoms with E-state index in [4.69, 9.17) is 19.4 Å². The molecule has 3 aromatic rings. The Balaban J connectivity index is 1.58. The molecule has 1 fully saturated rings. The van der Waals surface area contributed by atoms with Gasteiger partial charge >= 0.3 is 5.97 Å². The monoisotopic (exact) mass is 642 g/mol. The highest BCUT2D eigenvalue weighted by Gasteiger charge is 2.40. The van der Waals surface area contributed by atoms with Crippen molar-refractivity contribution in [3.8, 4) is 5.75 Å². The summed E-state index contributed by atoms with van der Waals surface area (Å²) in [5.41, 5.74) is 4.67. The van der Waals surface area contributed by atoms with E-state index in [-0.39, 0.29) is 28.9 Å². The molecule has 0 aliphatic carbocycles. The molecule has 0 radical (unpaired) electrons. The molecular formula is C35H46N8O4. The lowest BCUT2D eigenvalue weighted by atomic mass is 9.91. The van der Waals surface area contributed by atoms with E-state index in [9.17, 15) is 9.59 Å². The van der Waals surface area contributed by atoms with Gasteiger partial charge in [0.15, 0.2) is 5.82 Å². The molecule has 0 saturated carbocycles. The fourth-order valence-electron chi connectivity index (χ4n) is 6.17. The predicted molar refractivity (Wildman–Crippen MR) is 186 cm³/mol. The van der Waals surface area contributed by atoms with Crippen LogP contribution in [0.4, 0.5) is 34.5 Å². The normalized spacial score (nSPS) is 17.0. The number of anilines is 6. The number of hydrogen-bond donors (Lipinski definition) is 2. The first kappa shape index (κ1) is 33.6. The SMILES string of the molecule is C=CC(=O)Nc1cc(Nc2ncc(C(=O)OC(C)C)c(N3CC(C)(C)c4nc(C)ccc43)n2)c(OC)cc1N1CCC[C@@H](N(C)C)C1. The van der Waals surface area contributed by atoms with Crippen LogP contribution in [-0.4, -0.2) is 84.7 Å². The second kappa shape index (κ2) is 13.6. The molecule has 250 valence electrons. The molecule has 0 spiro atoms. The van der Waals surface area contributed by atoms with E-state index in [1.165, 1.54) is 12.3 Å². The molecule has 1 atom stereocenters. The highest BCUT2D eigenvalue weighted by Crippen LogP contribution is 2.44. The number of rotatable bonds is 10.